The van der Waals surface area contributed by atoms with Crippen LogP contribution < -0.4 is 9.47 Å². The molecular weight excluding hydrogens is 267 g/mol. The highest BCUT2D eigenvalue weighted by molar-refractivity contribution is 6.17. The first-order valence-electron chi connectivity index (χ1n) is 5.82. The largest absolute Gasteiger partial charge is 0.497 e. The number of rotatable bonds is 5. The number of ether oxygens (including phenoxy) is 2. The molecule has 2 aromatic rings. The van der Waals surface area contributed by atoms with Gasteiger partial charge in [0.25, 0.3) is 0 Å². The molecular formula is C15H14ClFO2. The zero-order chi connectivity index (χ0) is 13.7. The third-order valence-corrected chi connectivity index (χ3v) is 2.93. The van der Waals surface area contributed by atoms with Crippen LogP contribution in [0.2, 0.25) is 0 Å². The molecule has 0 atom stereocenters. The highest BCUT2D eigenvalue weighted by Crippen LogP contribution is 2.20. The van der Waals surface area contributed by atoms with E-state index in [4.69, 9.17) is 21.1 Å². The first-order chi connectivity index (χ1) is 9.21. The van der Waals surface area contributed by atoms with Gasteiger partial charge in [-0.25, -0.2) is 4.39 Å². The molecule has 2 nitrogen and oxygen atoms in total. The van der Waals surface area contributed by atoms with Crippen molar-refractivity contribution in [2.45, 2.75) is 12.5 Å². The van der Waals surface area contributed by atoms with E-state index in [-0.39, 0.29) is 11.7 Å². The van der Waals surface area contributed by atoms with Gasteiger partial charge in [0.15, 0.2) is 0 Å². The van der Waals surface area contributed by atoms with Gasteiger partial charge < -0.3 is 9.47 Å². The highest BCUT2D eigenvalue weighted by Gasteiger charge is 2.02. The number of alkyl halides is 1. The van der Waals surface area contributed by atoms with Gasteiger partial charge >= 0.3 is 0 Å². The Morgan fingerprint density at radius 3 is 2.58 bits per heavy atom. The van der Waals surface area contributed by atoms with E-state index in [2.05, 4.69) is 0 Å². The summed E-state index contributed by atoms with van der Waals surface area (Å²) in [5, 5.41) is 0. The Hall–Kier alpha value is -1.74. The van der Waals surface area contributed by atoms with Crippen LogP contribution in [0.25, 0.3) is 0 Å². The summed E-state index contributed by atoms with van der Waals surface area (Å²) < 4.78 is 24.0. The SMILES string of the molecule is COc1cccc(COc2cc(F)cc(CCl)c2)c1. The predicted octanol–water partition coefficient (Wildman–Crippen LogP) is 4.15. The maximum absolute atomic E-state index is 13.3. The molecule has 0 saturated heterocycles. The van der Waals surface area contributed by atoms with Crippen LogP contribution in [0.15, 0.2) is 42.5 Å². The fourth-order valence-electron chi connectivity index (χ4n) is 1.71. The van der Waals surface area contributed by atoms with Gasteiger partial charge in [-0.2, -0.15) is 0 Å². The first kappa shape index (κ1) is 13.7. The normalized spacial score (nSPS) is 10.3. The number of hydrogen-bond acceptors (Lipinski definition) is 2. The molecule has 4 heteroatoms. The van der Waals surface area contributed by atoms with Crippen molar-refractivity contribution < 1.29 is 13.9 Å². The monoisotopic (exact) mass is 280 g/mol. The lowest BCUT2D eigenvalue weighted by atomic mass is 10.2. The predicted molar refractivity (Wildman–Crippen MR) is 73.3 cm³/mol. The zero-order valence-electron chi connectivity index (χ0n) is 10.5. The van der Waals surface area contributed by atoms with E-state index >= 15 is 0 Å². The van der Waals surface area contributed by atoms with Crippen molar-refractivity contribution in [2.75, 3.05) is 7.11 Å². The van der Waals surface area contributed by atoms with Crippen molar-refractivity contribution in [3.63, 3.8) is 0 Å². The molecule has 0 aromatic heterocycles. The average molecular weight is 281 g/mol. The smallest absolute Gasteiger partial charge is 0.127 e. The molecule has 0 fully saturated rings. The van der Waals surface area contributed by atoms with Gasteiger partial charge in [-0.3, -0.25) is 0 Å². The second-order valence-corrected chi connectivity index (χ2v) is 4.34. The summed E-state index contributed by atoms with van der Waals surface area (Å²) in [5.41, 5.74) is 1.65. The third-order valence-electron chi connectivity index (χ3n) is 2.63. The Morgan fingerprint density at radius 1 is 1.05 bits per heavy atom. The lowest BCUT2D eigenvalue weighted by Crippen LogP contribution is -1.97. The summed E-state index contributed by atoms with van der Waals surface area (Å²) in [4.78, 5) is 0. The highest BCUT2D eigenvalue weighted by atomic mass is 35.5. The second-order valence-electron chi connectivity index (χ2n) is 4.07. The summed E-state index contributed by atoms with van der Waals surface area (Å²) >= 11 is 5.69. The molecule has 0 aliphatic carbocycles. The molecule has 0 N–H and O–H groups in total. The van der Waals surface area contributed by atoms with Gasteiger partial charge in [-0.15, -0.1) is 11.6 Å². The van der Waals surface area contributed by atoms with Gasteiger partial charge in [0.2, 0.25) is 0 Å². The molecule has 0 unspecified atom stereocenters. The number of benzene rings is 2. The Kier molecular flexibility index (Phi) is 4.63. The van der Waals surface area contributed by atoms with Crippen LogP contribution in [0, 0.1) is 5.82 Å². The minimum Gasteiger partial charge on any atom is -0.497 e. The van der Waals surface area contributed by atoms with Gasteiger partial charge in [0.1, 0.15) is 23.9 Å². The molecule has 2 rings (SSSR count). The first-order valence-corrected chi connectivity index (χ1v) is 6.36. The molecule has 0 radical (unpaired) electrons. The third kappa shape index (κ3) is 3.86. The van der Waals surface area contributed by atoms with Crippen molar-refractivity contribution >= 4 is 11.6 Å². The number of methoxy groups -OCH3 is 1. The lowest BCUT2D eigenvalue weighted by Gasteiger charge is -2.09. The summed E-state index contributed by atoms with van der Waals surface area (Å²) in [7, 11) is 1.61. The van der Waals surface area contributed by atoms with Crippen molar-refractivity contribution in [3.05, 3.63) is 59.4 Å². The van der Waals surface area contributed by atoms with Crippen molar-refractivity contribution in [1.82, 2.24) is 0 Å². The minimum atomic E-state index is -0.348. The Balaban J connectivity index is 2.07. The minimum absolute atomic E-state index is 0.257. The van der Waals surface area contributed by atoms with Crippen molar-refractivity contribution in [1.29, 1.82) is 0 Å². The molecule has 2 aromatic carbocycles. The molecule has 19 heavy (non-hydrogen) atoms. The Morgan fingerprint density at radius 2 is 1.84 bits per heavy atom. The van der Waals surface area contributed by atoms with E-state index in [9.17, 15) is 4.39 Å². The average Bonchev–Trinajstić information content (AvgIpc) is 2.44. The standard InChI is InChI=1S/C15H14ClFO2/c1-18-14-4-2-3-11(6-14)10-19-15-7-12(9-16)5-13(17)8-15/h2-8H,9-10H2,1H3. The van der Waals surface area contributed by atoms with Crippen molar-refractivity contribution in [2.24, 2.45) is 0 Å². The van der Waals surface area contributed by atoms with Crippen LogP contribution in [0.4, 0.5) is 4.39 Å². The van der Waals surface area contributed by atoms with Crippen LogP contribution in [0.1, 0.15) is 11.1 Å². The number of hydrogen-bond donors (Lipinski definition) is 0. The molecule has 0 bridgehead atoms. The maximum atomic E-state index is 13.3. The number of halogens is 2. The zero-order valence-corrected chi connectivity index (χ0v) is 11.3. The Bertz CT molecular complexity index is 558. The van der Waals surface area contributed by atoms with Crippen molar-refractivity contribution in [3.8, 4) is 11.5 Å². The van der Waals surface area contributed by atoms with Crippen LogP contribution >= 0.6 is 11.6 Å². The fraction of sp³-hybridized carbons (Fsp3) is 0.200. The van der Waals surface area contributed by atoms with E-state index in [0.29, 0.717) is 17.9 Å². The van der Waals surface area contributed by atoms with E-state index in [0.717, 1.165) is 11.3 Å². The molecule has 0 spiro atoms. The Labute approximate surface area is 116 Å². The summed E-state index contributed by atoms with van der Waals surface area (Å²) in [6.07, 6.45) is 0. The van der Waals surface area contributed by atoms with Crippen LogP contribution in [0.3, 0.4) is 0 Å². The van der Waals surface area contributed by atoms with E-state index in [1.165, 1.54) is 12.1 Å². The second kappa shape index (κ2) is 6.43. The van der Waals surface area contributed by atoms with Crippen LogP contribution in [-0.2, 0) is 12.5 Å². The van der Waals surface area contributed by atoms with E-state index in [1.807, 2.05) is 24.3 Å². The van der Waals surface area contributed by atoms with Gasteiger partial charge in [0.05, 0.1) is 7.11 Å². The fourth-order valence-corrected chi connectivity index (χ4v) is 1.86. The van der Waals surface area contributed by atoms with Crippen LogP contribution in [0.5, 0.6) is 11.5 Å². The quantitative estimate of drug-likeness (QED) is 0.766. The summed E-state index contributed by atoms with van der Waals surface area (Å²) in [5.74, 6) is 1.15. The molecule has 0 heterocycles. The maximum Gasteiger partial charge on any atom is 0.127 e. The summed E-state index contributed by atoms with van der Waals surface area (Å²) in [6.45, 7) is 0.350. The van der Waals surface area contributed by atoms with Crippen LogP contribution in [-0.4, -0.2) is 7.11 Å². The summed E-state index contributed by atoms with van der Waals surface area (Å²) in [6, 6.07) is 12.0. The van der Waals surface area contributed by atoms with E-state index in [1.54, 1.807) is 13.2 Å². The molecule has 0 aliphatic heterocycles. The molecule has 0 amide bonds. The molecule has 0 aliphatic rings. The topological polar surface area (TPSA) is 18.5 Å². The molecule has 0 saturated carbocycles. The van der Waals surface area contributed by atoms with E-state index < -0.39 is 0 Å². The van der Waals surface area contributed by atoms with Gasteiger partial charge in [-0.1, -0.05) is 12.1 Å². The lowest BCUT2D eigenvalue weighted by molar-refractivity contribution is 0.303. The van der Waals surface area contributed by atoms with Gasteiger partial charge in [-0.05, 0) is 35.4 Å². The molecule has 100 valence electrons. The van der Waals surface area contributed by atoms with Gasteiger partial charge in [0, 0.05) is 11.9 Å².